The van der Waals surface area contributed by atoms with E-state index < -0.39 is 0 Å². The minimum atomic E-state index is 0.427. The second kappa shape index (κ2) is 5.53. The Hall–Kier alpha value is -1.35. The van der Waals surface area contributed by atoms with Gasteiger partial charge in [-0.3, -0.25) is 4.57 Å². The first-order valence-electron chi connectivity index (χ1n) is 6.33. The first kappa shape index (κ1) is 13.1. The standard InChI is InChI=1S/C14H18ClN3/c1-4-5-13-16-17-14(15)18(13)12-8-6-11(7-9-12)10(2)3/h6-10H,4-5H2,1-3H3. The third kappa shape index (κ3) is 2.56. The molecule has 18 heavy (non-hydrogen) atoms. The molecule has 0 fully saturated rings. The molecule has 2 rings (SSSR count). The summed E-state index contributed by atoms with van der Waals surface area (Å²) in [5.74, 6) is 1.45. The third-order valence-corrected chi connectivity index (χ3v) is 3.23. The van der Waals surface area contributed by atoms with Crippen LogP contribution < -0.4 is 0 Å². The third-order valence-electron chi connectivity index (χ3n) is 2.98. The fourth-order valence-electron chi connectivity index (χ4n) is 1.94. The lowest BCUT2D eigenvalue weighted by atomic mass is 10.0. The lowest BCUT2D eigenvalue weighted by Gasteiger charge is -2.10. The Morgan fingerprint density at radius 2 is 1.83 bits per heavy atom. The molecule has 0 bridgehead atoms. The lowest BCUT2D eigenvalue weighted by molar-refractivity contribution is 0.801. The van der Waals surface area contributed by atoms with E-state index in [1.807, 2.05) is 4.57 Å². The number of halogens is 1. The predicted octanol–water partition coefficient (Wildman–Crippen LogP) is 4.00. The van der Waals surface area contributed by atoms with Crippen molar-refractivity contribution in [3.63, 3.8) is 0 Å². The van der Waals surface area contributed by atoms with Gasteiger partial charge in [0, 0.05) is 12.1 Å². The van der Waals surface area contributed by atoms with Crippen molar-refractivity contribution in [2.45, 2.75) is 39.5 Å². The summed E-state index contributed by atoms with van der Waals surface area (Å²) in [4.78, 5) is 0. The number of benzene rings is 1. The van der Waals surface area contributed by atoms with Gasteiger partial charge in [-0.05, 0) is 41.6 Å². The van der Waals surface area contributed by atoms with Crippen molar-refractivity contribution in [3.8, 4) is 5.69 Å². The molecule has 96 valence electrons. The second-order valence-corrected chi connectivity index (χ2v) is 5.05. The normalized spacial score (nSPS) is 11.2. The van der Waals surface area contributed by atoms with Gasteiger partial charge in [-0.15, -0.1) is 10.2 Å². The molecule has 0 atom stereocenters. The van der Waals surface area contributed by atoms with Crippen LogP contribution in [0.3, 0.4) is 0 Å². The van der Waals surface area contributed by atoms with Gasteiger partial charge >= 0.3 is 0 Å². The molecule has 0 unspecified atom stereocenters. The van der Waals surface area contributed by atoms with Crippen molar-refractivity contribution in [1.82, 2.24) is 14.8 Å². The van der Waals surface area contributed by atoms with Crippen LogP contribution in [-0.2, 0) is 6.42 Å². The Morgan fingerprint density at radius 3 is 2.39 bits per heavy atom. The van der Waals surface area contributed by atoms with Gasteiger partial charge < -0.3 is 0 Å². The fourth-order valence-corrected chi connectivity index (χ4v) is 2.18. The highest BCUT2D eigenvalue weighted by Crippen LogP contribution is 2.21. The molecule has 0 saturated carbocycles. The number of nitrogens with zero attached hydrogens (tertiary/aromatic N) is 3. The summed E-state index contributed by atoms with van der Waals surface area (Å²) in [6.07, 6.45) is 1.91. The summed E-state index contributed by atoms with van der Waals surface area (Å²) >= 11 is 6.11. The smallest absolute Gasteiger partial charge is 0.229 e. The van der Waals surface area contributed by atoms with Gasteiger partial charge in [-0.2, -0.15) is 0 Å². The van der Waals surface area contributed by atoms with E-state index in [2.05, 4.69) is 55.2 Å². The molecule has 1 aromatic heterocycles. The number of aryl methyl sites for hydroxylation is 1. The first-order valence-corrected chi connectivity index (χ1v) is 6.71. The topological polar surface area (TPSA) is 30.7 Å². The number of rotatable bonds is 4. The quantitative estimate of drug-likeness (QED) is 0.835. The summed E-state index contributed by atoms with van der Waals surface area (Å²) in [6, 6.07) is 8.41. The Labute approximate surface area is 113 Å². The van der Waals surface area contributed by atoms with Gasteiger partial charge in [0.05, 0.1) is 0 Å². The molecule has 0 aliphatic rings. The highest BCUT2D eigenvalue weighted by Gasteiger charge is 2.11. The summed E-state index contributed by atoms with van der Waals surface area (Å²) in [5.41, 5.74) is 2.35. The van der Waals surface area contributed by atoms with E-state index in [9.17, 15) is 0 Å². The zero-order valence-electron chi connectivity index (χ0n) is 11.0. The van der Waals surface area contributed by atoms with Crippen molar-refractivity contribution < 1.29 is 0 Å². The van der Waals surface area contributed by atoms with Crippen LogP contribution in [0.1, 0.15) is 44.5 Å². The highest BCUT2D eigenvalue weighted by atomic mass is 35.5. The van der Waals surface area contributed by atoms with Crippen LogP contribution in [0.2, 0.25) is 5.28 Å². The Balaban J connectivity index is 2.38. The van der Waals surface area contributed by atoms with E-state index in [0.717, 1.165) is 24.4 Å². The molecular weight excluding hydrogens is 246 g/mol. The minimum absolute atomic E-state index is 0.427. The average Bonchev–Trinajstić information content (AvgIpc) is 2.71. The number of hydrogen-bond donors (Lipinski definition) is 0. The molecule has 0 amide bonds. The Kier molecular flexibility index (Phi) is 4.02. The van der Waals surface area contributed by atoms with Crippen molar-refractivity contribution in [2.75, 3.05) is 0 Å². The van der Waals surface area contributed by atoms with Gasteiger partial charge in [-0.25, -0.2) is 0 Å². The number of aromatic nitrogens is 3. The molecule has 0 radical (unpaired) electrons. The maximum absolute atomic E-state index is 6.11. The molecule has 3 nitrogen and oxygen atoms in total. The van der Waals surface area contributed by atoms with Crippen LogP contribution in [0.25, 0.3) is 5.69 Å². The number of hydrogen-bond acceptors (Lipinski definition) is 2. The van der Waals surface area contributed by atoms with E-state index >= 15 is 0 Å². The van der Waals surface area contributed by atoms with Crippen LogP contribution in [0, 0.1) is 0 Å². The average molecular weight is 264 g/mol. The Morgan fingerprint density at radius 1 is 1.17 bits per heavy atom. The summed E-state index contributed by atoms with van der Waals surface area (Å²) in [5, 5.41) is 8.49. The predicted molar refractivity (Wildman–Crippen MR) is 74.5 cm³/mol. The molecule has 0 spiro atoms. The Bertz CT molecular complexity index is 514. The van der Waals surface area contributed by atoms with Gasteiger partial charge in [0.15, 0.2) is 0 Å². The zero-order valence-corrected chi connectivity index (χ0v) is 11.8. The zero-order chi connectivity index (χ0) is 13.1. The van der Waals surface area contributed by atoms with E-state index in [1.54, 1.807) is 0 Å². The molecule has 4 heteroatoms. The summed E-state index contributed by atoms with van der Waals surface area (Å²) in [6.45, 7) is 6.49. The summed E-state index contributed by atoms with van der Waals surface area (Å²) < 4.78 is 1.91. The highest BCUT2D eigenvalue weighted by molar-refractivity contribution is 6.28. The maximum Gasteiger partial charge on any atom is 0.229 e. The van der Waals surface area contributed by atoms with Gasteiger partial charge in [0.1, 0.15) is 5.82 Å². The molecule has 0 aliphatic heterocycles. The van der Waals surface area contributed by atoms with Crippen molar-refractivity contribution in [2.24, 2.45) is 0 Å². The maximum atomic E-state index is 6.11. The monoisotopic (exact) mass is 263 g/mol. The van der Waals surface area contributed by atoms with Crippen LogP contribution in [0.4, 0.5) is 0 Å². The minimum Gasteiger partial charge on any atom is -0.270 e. The fraction of sp³-hybridized carbons (Fsp3) is 0.429. The van der Waals surface area contributed by atoms with E-state index in [1.165, 1.54) is 5.56 Å². The van der Waals surface area contributed by atoms with E-state index in [-0.39, 0.29) is 0 Å². The van der Waals surface area contributed by atoms with Crippen LogP contribution >= 0.6 is 11.6 Å². The molecule has 1 aromatic carbocycles. The van der Waals surface area contributed by atoms with Crippen molar-refractivity contribution in [1.29, 1.82) is 0 Å². The van der Waals surface area contributed by atoms with Crippen molar-refractivity contribution >= 4 is 11.6 Å². The molecule has 0 N–H and O–H groups in total. The largest absolute Gasteiger partial charge is 0.270 e. The van der Waals surface area contributed by atoms with Gasteiger partial charge in [0.25, 0.3) is 0 Å². The molecule has 0 aliphatic carbocycles. The van der Waals surface area contributed by atoms with Crippen LogP contribution in [0.5, 0.6) is 0 Å². The van der Waals surface area contributed by atoms with Crippen LogP contribution in [0.15, 0.2) is 24.3 Å². The summed E-state index contributed by atoms with van der Waals surface area (Å²) in [7, 11) is 0. The van der Waals surface area contributed by atoms with Gasteiger partial charge in [-0.1, -0.05) is 32.9 Å². The second-order valence-electron chi connectivity index (χ2n) is 4.72. The lowest BCUT2D eigenvalue weighted by Crippen LogP contribution is -2.01. The van der Waals surface area contributed by atoms with E-state index in [0.29, 0.717) is 11.2 Å². The van der Waals surface area contributed by atoms with Crippen molar-refractivity contribution in [3.05, 3.63) is 40.9 Å². The SMILES string of the molecule is CCCc1nnc(Cl)n1-c1ccc(C(C)C)cc1. The van der Waals surface area contributed by atoms with E-state index in [4.69, 9.17) is 11.6 Å². The van der Waals surface area contributed by atoms with Crippen LogP contribution in [-0.4, -0.2) is 14.8 Å². The molecule has 0 saturated heterocycles. The molecular formula is C14H18ClN3. The molecule has 1 heterocycles. The van der Waals surface area contributed by atoms with Gasteiger partial charge in [0.2, 0.25) is 5.28 Å². The first-order chi connectivity index (χ1) is 8.63. The molecule has 2 aromatic rings.